The predicted molar refractivity (Wildman–Crippen MR) is 77.7 cm³/mol. The first kappa shape index (κ1) is 15.0. The highest BCUT2D eigenvalue weighted by Crippen LogP contribution is 2.20. The van der Waals surface area contributed by atoms with Gasteiger partial charge in [-0.25, -0.2) is 0 Å². The van der Waals surface area contributed by atoms with Gasteiger partial charge >= 0.3 is 0 Å². The van der Waals surface area contributed by atoms with E-state index < -0.39 is 0 Å². The molecule has 0 aliphatic carbocycles. The number of carbonyl (C=O) groups is 1. The number of aliphatic hydroxyl groups is 1. The molecule has 1 aromatic carbocycles. The van der Waals surface area contributed by atoms with Gasteiger partial charge in [-0.2, -0.15) is 0 Å². The second-order valence-corrected chi connectivity index (χ2v) is 5.43. The summed E-state index contributed by atoms with van der Waals surface area (Å²) in [6.07, 6.45) is 2.07. The Balaban J connectivity index is 1.73. The molecular weight excluding hydrogens is 254 g/mol. The van der Waals surface area contributed by atoms with Gasteiger partial charge in [0.15, 0.2) is 0 Å². The van der Waals surface area contributed by atoms with E-state index in [0.717, 1.165) is 31.6 Å². The Labute approximate surface area is 120 Å². The van der Waals surface area contributed by atoms with Gasteiger partial charge in [0.1, 0.15) is 0 Å². The second-order valence-electron chi connectivity index (χ2n) is 5.43. The molecule has 1 amide bonds. The summed E-state index contributed by atoms with van der Waals surface area (Å²) in [5.41, 5.74) is 1.74. The average Bonchev–Trinajstić information content (AvgIpc) is 2.48. The van der Waals surface area contributed by atoms with Crippen LogP contribution in [0.2, 0.25) is 0 Å². The third kappa shape index (κ3) is 4.32. The summed E-state index contributed by atoms with van der Waals surface area (Å²) in [6.45, 7) is 3.94. The van der Waals surface area contributed by atoms with Crippen molar-refractivity contribution in [1.29, 1.82) is 0 Å². The zero-order valence-electron chi connectivity index (χ0n) is 12.0. The SMILES string of the molecule is Cc1cccc(C(=O)NCC[C@H](O)C2CCOCC2)c1. The number of amides is 1. The molecule has 110 valence electrons. The molecule has 4 nitrogen and oxygen atoms in total. The average molecular weight is 277 g/mol. The van der Waals surface area contributed by atoms with E-state index in [9.17, 15) is 9.90 Å². The van der Waals surface area contributed by atoms with Gasteiger partial charge in [-0.05, 0) is 44.2 Å². The van der Waals surface area contributed by atoms with Crippen LogP contribution in [0, 0.1) is 12.8 Å². The minimum atomic E-state index is -0.350. The summed E-state index contributed by atoms with van der Waals surface area (Å²) in [5.74, 6) is 0.229. The van der Waals surface area contributed by atoms with Crippen molar-refractivity contribution >= 4 is 5.91 Å². The van der Waals surface area contributed by atoms with Crippen LogP contribution in [-0.2, 0) is 4.74 Å². The minimum absolute atomic E-state index is 0.0760. The van der Waals surface area contributed by atoms with Gasteiger partial charge in [0, 0.05) is 25.3 Å². The second kappa shape index (κ2) is 7.41. The quantitative estimate of drug-likeness (QED) is 0.864. The molecule has 1 atom stereocenters. The fraction of sp³-hybridized carbons (Fsp3) is 0.562. The molecule has 1 aromatic rings. The Morgan fingerprint density at radius 1 is 1.45 bits per heavy atom. The fourth-order valence-electron chi connectivity index (χ4n) is 2.56. The lowest BCUT2D eigenvalue weighted by atomic mass is 9.92. The first-order valence-corrected chi connectivity index (χ1v) is 7.27. The number of hydrogen-bond donors (Lipinski definition) is 2. The van der Waals surface area contributed by atoms with E-state index in [0.29, 0.717) is 24.4 Å². The van der Waals surface area contributed by atoms with Crippen LogP contribution in [-0.4, -0.2) is 36.9 Å². The molecule has 20 heavy (non-hydrogen) atoms. The summed E-state index contributed by atoms with van der Waals surface area (Å²) < 4.78 is 5.28. The fourth-order valence-corrected chi connectivity index (χ4v) is 2.56. The van der Waals surface area contributed by atoms with Gasteiger partial charge in [-0.15, -0.1) is 0 Å². The van der Waals surface area contributed by atoms with E-state index >= 15 is 0 Å². The van der Waals surface area contributed by atoms with Crippen LogP contribution in [0.15, 0.2) is 24.3 Å². The predicted octanol–water partition coefficient (Wildman–Crippen LogP) is 1.90. The highest BCUT2D eigenvalue weighted by atomic mass is 16.5. The van der Waals surface area contributed by atoms with E-state index in [1.807, 2.05) is 25.1 Å². The first-order valence-electron chi connectivity index (χ1n) is 7.27. The van der Waals surface area contributed by atoms with Crippen LogP contribution < -0.4 is 5.32 Å². The normalized spacial score (nSPS) is 17.7. The molecular formula is C16H23NO3. The molecule has 0 unspecified atom stereocenters. The van der Waals surface area contributed by atoms with Gasteiger partial charge in [-0.3, -0.25) is 4.79 Å². The molecule has 0 spiro atoms. The number of benzene rings is 1. The van der Waals surface area contributed by atoms with Crippen LogP contribution >= 0.6 is 0 Å². The molecule has 2 rings (SSSR count). The smallest absolute Gasteiger partial charge is 0.251 e. The number of aryl methyl sites for hydroxylation is 1. The van der Waals surface area contributed by atoms with Crippen LogP contribution in [0.4, 0.5) is 0 Å². The van der Waals surface area contributed by atoms with E-state index in [2.05, 4.69) is 5.32 Å². The largest absolute Gasteiger partial charge is 0.393 e. The van der Waals surface area contributed by atoms with Gasteiger partial charge in [-0.1, -0.05) is 17.7 Å². The number of ether oxygens (including phenoxy) is 1. The standard InChI is InChI=1S/C16H23NO3/c1-12-3-2-4-14(11-12)16(19)17-8-5-15(18)13-6-9-20-10-7-13/h2-4,11,13,15,18H,5-10H2,1H3,(H,17,19)/t15-/m0/s1. The number of nitrogens with one attached hydrogen (secondary N) is 1. The number of rotatable bonds is 5. The van der Waals surface area contributed by atoms with E-state index in [1.54, 1.807) is 6.07 Å². The summed E-state index contributed by atoms with van der Waals surface area (Å²) in [6, 6.07) is 7.51. The summed E-state index contributed by atoms with van der Waals surface area (Å²) in [5, 5.41) is 13.0. The van der Waals surface area contributed by atoms with Crippen molar-refractivity contribution in [3.63, 3.8) is 0 Å². The molecule has 1 heterocycles. The zero-order chi connectivity index (χ0) is 14.4. The van der Waals surface area contributed by atoms with Crippen molar-refractivity contribution < 1.29 is 14.6 Å². The van der Waals surface area contributed by atoms with E-state index in [-0.39, 0.29) is 12.0 Å². The lowest BCUT2D eigenvalue weighted by Gasteiger charge is -2.26. The van der Waals surface area contributed by atoms with Crippen molar-refractivity contribution in [2.75, 3.05) is 19.8 Å². The molecule has 0 radical (unpaired) electrons. The molecule has 0 saturated carbocycles. The van der Waals surface area contributed by atoms with Crippen LogP contribution in [0.5, 0.6) is 0 Å². The molecule has 1 aliphatic rings. The molecule has 0 aromatic heterocycles. The minimum Gasteiger partial charge on any atom is -0.393 e. The monoisotopic (exact) mass is 277 g/mol. The van der Waals surface area contributed by atoms with Crippen LogP contribution in [0.1, 0.15) is 35.2 Å². The van der Waals surface area contributed by atoms with Gasteiger partial charge < -0.3 is 15.2 Å². The Kier molecular flexibility index (Phi) is 5.56. The van der Waals surface area contributed by atoms with Crippen molar-refractivity contribution in [1.82, 2.24) is 5.32 Å². The van der Waals surface area contributed by atoms with Gasteiger partial charge in [0.2, 0.25) is 0 Å². The zero-order valence-corrected chi connectivity index (χ0v) is 12.0. The maximum Gasteiger partial charge on any atom is 0.251 e. The molecule has 0 bridgehead atoms. The van der Waals surface area contributed by atoms with E-state index in [1.165, 1.54) is 0 Å². The van der Waals surface area contributed by atoms with Crippen molar-refractivity contribution in [2.45, 2.75) is 32.3 Å². The maximum absolute atomic E-state index is 11.9. The third-order valence-electron chi connectivity index (χ3n) is 3.82. The first-order chi connectivity index (χ1) is 9.66. The topological polar surface area (TPSA) is 58.6 Å². The summed E-state index contributed by atoms with van der Waals surface area (Å²) >= 11 is 0. The maximum atomic E-state index is 11.9. The number of carbonyl (C=O) groups excluding carboxylic acids is 1. The highest BCUT2D eigenvalue weighted by Gasteiger charge is 2.21. The summed E-state index contributed by atoms with van der Waals surface area (Å²) in [4.78, 5) is 11.9. The van der Waals surface area contributed by atoms with Gasteiger partial charge in [0.05, 0.1) is 6.10 Å². The molecule has 1 aliphatic heterocycles. The Morgan fingerprint density at radius 3 is 2.90 bits per heavy atom. The molecule has 2 N–H and O–H groups in total. The molecule has 1 saturated heterocycles. The Bertz CT molecular complexity index is 441. The van der Waals surface area contributed by atoms with Crippen molar-refractivity contribution in [3.8, 4) is 0 Å². The number of hydrogen-bond acceptors (Lipinski definition) is 3. The lowest BCUT2D eigenvalue weighted by Crippen LogP contribution is -2.32. The summed E-state index contributed by atoms with van der Waals surface area (Å²) in [7, 11) is 0. The van der Waals surface area contributed by atoms with Crippen molar-refractivity contribution in [3.05, 3.63) is 35.4 Å². The van der Waals surface area contributed by atoms with Gasteiger partial charge in [0.25, 0.3) is 5.91 Å². The molecule has 1 fully saturated rings. The van der Waals surface area contributed by atoms with Crippen molar-refractivity contribution in [2.24, 2.45) is 5.92 Å². The Hall–Kier alpha value is -1.39. The molecule has 4 heteroatoms. The number of aliphatic hydroxyl groups excluding tert-OH is 1. The highest BCUT2D eigenvalue weighted by molar-refractivity contribution is 5.94. The van der Waals surface area contributed by atoms with Crippen LogP contribution in [0.25, 0.3) is 0 Å². The van der Waals surface area contributed by atoms with E-state index in [4.69, 9.17) is 4.74 Å². The van der Waals surface area contributed by atoms with Crippen LogP contribution in [0.3, 0.4) is 0 Å². The Morgan fingerprint density at radius 2 is 2.20 bits per heavy atom. The third-order valence-corrected chi connectivity index (χ3v) is 3.82. The lowest BCUT2D eigenvalue weighted by molar-refractivity contribution is 0.00528.